The molecule has 0 bridgehead atoms. The fourth-order valence-corrected chi connectivity index (χ4v) is 2.55. The Hall–Kier alpha value is -1.43. The van der Waals surface area contributed by atoms with Crippen LogP contribution in [0.1, 0.15) is 51.4 Å². The van der Waals surface area contributed by atoms with Crippen LogP contribution >= 0.6 is 0 Å². The highest BCUT2D eigenvalue weighted by Crippen LogP contribution is 2.26. The third-order valence-corrected chi connectivity index (χ3v) is 3.78. The van der Waals surface area contributed by atoms with Crippen molar-refractivity contribution in [3.05, 3.63) is 0 Å². The highest BCUT2D eigenvalue weighted by Gasteiger charge is 2.29. The lowest BCUT2D eigenvalue weighted by Crippen LogP contribution is -2.45. The maximum atomic E-state index is 11.9. The molecule has 2 rings (SSSR count). The first-order valence-corrected chi connectivity index (χ1v) is 6.95. The Morgan fingerprint density at radius 1 is 1.26 bits per heavy atom. The van der Waals surface area contributed by atoms with E-state index in [-0.39, 0.29) is 24.8 Å². The van der Waals surface area contributed by atoms with Gasteiger partial charge < -0.3 is 10.4 Å². The second kappa shape index (κ2) is 6.14. The van der Waals surface area contributed by atoms with Crippen LogP contribution in [0, 0.1) is 0 Å². The summed E-state index contributed by atoms with van der Waals surface area (Å²) in [4.78, 5) is 22.8. The molecule has 6 heteroatoms. The first-order chi connectivity index (χ1) is 9.09. The lowest BCUT2D eigenvalue weighted by Gasteiger charge is -2.27. The predicted octanol–water partition coefficient (Wildman–Crippen LogP) is 0.454. The fraction of sp³-hybridized carbons (Fsp3) is 0.769. The first kappa shape index (κ1) is 14.0. The molecule has 0 unspecified atom stereocenters. The molecular formula is C13H21N3O3. The minimum atomic E-state index is -0.787. The van der Waals surface area contributed by atoms with Crippen LogP contribution in [-0.4, -0.2) is 34.8 Å². The normalized spacial score (nSPS) is 23.0. The molecule has 1 fully saturated rings. The molecule has 1 saturated carbocycles. The van der Waals surface area contributed by atoms with Crippen LogP contribution in [0.5, 0.6) is 0 Å². The predicted molar refractivity (Wildman–Crippen MR) is 70.5 cm³/mol. The van der Waals surface area contributed by atoms with E-state index in [0.29, 0.717) is 12.1 Å². The summed E-state index contributed by atoms with van der Waals surface area (Å²) in [6.07, 6.45) is 6.41. The summed E-state index contributed by atoms with van der Waals surface area (Å²) in [5.41, 5.74) is 1.84. The number of nitrogens with zero attached hydrogens (tertiary/aromatic N) is 1. The zero-order valence-electron chi connectivity index (χ0n) is 11.1. The topological polar surface area (TPSA) is 90.8 Å². The molecule has 0 saturated heterocycles. The Morgan fingerprint density at radius 3 is 2.53 bits per heavy atom. The van der Waals surface area contributed by atoms with E-state index in [2.05, 4.69) is 15.8 Å². The van der Waals surface area contributed by atoms with Gasteiger partial charge in [-0.2, -0.15) is 5.10 Å². The monoisotopic (exact) mass is 267 g/mol. The van der Waals surface area contributed by atoms with Gasteiger partial charge >= 0.3 is 0 Å². The Bertz CT molecular complexity index is 385. The van der Waals surface area contributed by atoms with Gasteiger partial charge in [0.05, 0.1) is 5.60 Å². The van der Waals surface area contributed by atoms with Crippen LogP contribution in [0.4, 0.5) is 0 Å². The number of nitrogens with one attached hydrogen (secondary N) is 2. The van der Waals surface area contributed by atoms with Crippen molar-refractivity contribution in [2.24, 2.45) is 5.10 Å². The fourth-order valence-electron chi connectivity index (χ4n) is 2.55. The molecule has 0 aromatic carbocycles. The number of hydrazone groups is 1. The van der Waals surface area contributed by atoms with Crippen LogP contribution < -0.4 is 10.7 Å². The van der Waals surface area contributed by atoms with E-state index in [4.69, 9.17) is 0 Å². The van der Waals surface area contributed by atoms with Gasteiger partial charge in [-0.1, -0.05) is 25.7 Å². The largest absolute Gasteiger partial charge is 0.388 e. The van der Waals surface area contributed by atoms with Crippen LogP contribution in [0.25, 0.3) is 0 Å². The van der Waals surface area contributed by atoms with Crippen LogP contribution in [-0.2, 0) is 9.59 Å². The molecule has 6 nitrogen and oxygen atoms in total. The van der Waals surface area contributed by atoms with Crippen LogP contribution in [0.15, 0.2) is 5.10 Å². The van der Waals surface area contributed by atoms with Crippen LogP contribution in [0.3, 0.4) is 0 Å². The molecule has 1 heterocycles. The van der Waals surface area contributed by atoms with E-state index in [1.807, 2.05) is 0 Å². The maximum absolute atomic E-state index is 11.9. The second-order valence-corrected chi connectivity index (χ2v) is 5.41. The Balaban J connectivity index is 1.84. The minimum absolute atomic E-state index is 0.168. The average molecular weight is 267 g/mol. The van der Waals surface area contributed by atoms with Gasteiger partial charge in [-0.05, 0) is 12.8 Å². The van der Waals surface area contributed by atoms with Crippen LogP contribution in [0.2, 0.25) is 0 Å². The summed E-state index contributed by atoms with van der Waals surface area (Å²) in [6.45, 7) is 0.263. The highest BCUT2D eigenvalue weighted by molar-refractivity contribution is 6.39. The molecule has 1 aliphatic heterocycles. The number of rotatable bonds is 3. The van der Waals surface area contributed by atoms with Gasteiger partial charge in [-0.25, -0.2) is 5.43 Å². The SMILES string of the molecule is O=C1CCC(C(=O)NCC2(O)CCCCCC2)=NN1. The minimum Gasteiger partial charge on any atom is -0.388 e. The quantitative estimate of drug-likeness (QED) is 0.649. The lowest BCUT2D eigenvalue weighted by molar-refractivity contribution is -0.121. The van der Waals surface area contributed by atoms with Crippen molar-refractivity contribution in [2.75, 3.05) is 6.54 Å². The van der Waals surface area contributed by atoms with Crippen molar-refractivity contribution in [3.8, 4) is 0 Å². The van der Waals surface area contributed by atoms with Gasteiger partial charge in [0.1, 0.15) is 5.71 Å². The molecule has 0 aromatic heterocycles. The number of carbonyl (C=O) groups is 2. The molecule has 0 spiro atoms. The van der Waals surface area contributed by atoms with E-state index in [1.54, 1.807) is 0 Å². The molecule has 2 amide bonds. The molecule has 19 heavy (non-hydrogen) atoms. The molecule has 2 aliphatic rings. The molecule has 1 aliphatic carbocycles. The van der Waals surface area contributed by atoms with Crippen molar-refractivity contribution in [1.29, 1.82) is 0 Å². The summed E-state index contributed by atoms with van der Waals surface area (Å²) < 4.78 is 0. The Labute approximate surface area is 112 Å². The van der Waals surface area contributed by atoms with Gasteiger partial charge in [0.25, 0.3) is 5.91 Å². The van der Waals surface area contributed by atoms with Gasteiger partial charge in [0.2, 0.25) is 5.91 Å². The highest BCUT2D eigenvalue weighted by atomic mass is 16.3. The number of amides is 2. The van der Waals surface area contributed by atoms with E-state index < -0.39 is 5.60 Å². The summed E-state index contributed by atoms with van der Waals surface area (Å²) in [7, 11) is 0. The smallest absolute Gasteiger partial charge is 0.267 e. The molecular weight excluding hydrogens is 246 g/mol. The van der Waals surface area contributed by atoms with E-state index in [1.165, 1.54) is 0 Å². The number of hydrogen-bond acceptors (Lipinski definition) is 4. The summed E-state index contributed by atoms with van der Waals surface area (Å²) in [6, 6.07) is 0. The maximum Gasteiger partial charge on any atom is 0.267 e. The average Bonchev–Trinajstić information content (AvgIpc) is 2.62. The van der Waals surface area contributed by atoms with E-state index in [0.717, 1.165) is 38.5 Å². The van der Waals surface area contributed by atoms with E-state index >= 15 is 0 Å². The van der Waals surface area contributed by atoms with Gasteiger partial charge in [-0.3, -0.25) is 9.59 Å². The van der Waals surface area contributed by atoms with Crippen molar-refractivity contribution in [3.63, 3.8) is 0 Å². The standard InChI is InChI=1S/C13H21N3O3/c17-11-6-5-10(15-16-11)12(18)14-9-13(19)7-3-1-2-4-8-13/h19H,1-9H2,(H,14,18)(H,16,17). The summed E-state index contributed by atoms with van der Waals surface area (Å²) in [5.74, 6) is -0.461. The summed E-state index contributed by atoms with van der Waals surface area (Å²) in [5, 5.41) is 16.9. The number of carbonyl (C=O) groups excluding carboxylic acids is 2. The number of hydrogen-bond donors (Lipinski definition) is 3. The lowest BCUT2D eigenvalue weighted by atomic mass is 9.94. The van der Waals surface area contributed by atoms with Crippen molar-refractivity contribution < 1.29 is 14.7 Å². The molecule has 0 atom stereocenters. The third-order valence-electron chi connectivity index (χ3n) is 3.78. The van der Waals surface area contributed by atoms with Crippen molar-refractivity contribution in [2.45, 2.75) is 57.0 Å². The van der Waals surface area contributed by atoms with Crippen molar-refractivity contribution >= 4 is 17.5 Å². The van der Waals surface area contributed by atoms with E-state index in [9.17, 15) is 14.7 Å². The first-order valence-electron chi connectivity index (χ1n) is 6.95. The Morgan fingerprint density at radius 2 is 1.95 bits per heavy atom. The Kier molecular flexibility index (Phi) is 4.52. The van der Waals surface area contributed by atoms with Gasteiger partial charge in [0.15, 0.2) is 0 Å². The van der Waals surface area contributed by atoms with Gasteiger partial charge in [0, 0.05) is 19.4 Å². The van der Waals surface area contributed by atoms with Crippen molar-refractivity contribution in [1.82, 2.24) is 10.7 Å². The molecule has 106 valence electrons. The number of aliphatic hydroxyl groups is 1. The molecule has 0 aromatic rings. The molecule has 3 N–H and O–H groups in total. The molecule has 0 radical (unpaired) electrons. The second-order valence-electron chi connectivity index (χ2n) is 5.41. The zero-order chi connectivity index (χ0) is 13.7. The van der Waals surface area contributed by atoms with Gasteiger partial charge in [-0.15, -0.1) is 0 Å². The zero-order valence-corrected chi connectivity index (χ0v) is 11.1. The summed E-state index contributed by atoms with van der Waals surface area (Å²) >= 11 is 0. The third kappa shape index (κ3) is 4.02.